The summed E-state index contributed by atoms with van der Waals surface area (Å²) in [6, 6.07) is 1.91. The van der Waals surface area contributed by atoms with Gasteiger partial charge >= 0.3 is 5.97 Å². The fraction of sp³-hybridized carbons (Fsp3) is 0.444. The summed E-state index contributed by atoms with van der Waals surface area (Å²) in [7, 11) is 0. The molecule has 0 fully saturated rings. The van der Waals surface area contributed by atoms with Gasteiger partial charge in [0.1, 0.15) is 0 Å². The fourth-order valence-corrected chi connectivity index (χ4v) is 2.66. The summed E-state index contributed by atoms with van der Waals surface area (Å²) in [6.45, 7) is 3.84. The number of aromatic nitrogens is 2. The molecule has 0 bridgehead atoms. The molecule has 0 atom stereocenters. The van der Waals surface area contributed by atoms with Crippen molar-refractivity contribution in [2.75, 3.05) is 10.8 Å². The lowest BCUT2D eigenvalue weighted by Crippen LogP contribution is -1.98. The van der Waals surface area contributed by atoms with Gasteiger partial charge < -0.3 is 5.11 Å². The second-order valence-corrected chi connectivity index (χ2v) is 5.23. The lowest BCUT2D eigenvalue weighted by Gasteiger charge is -2.01. The van der Waals surface area contributed by atoms with Crippen LogP contribution in [0.25, 0.3) is 0 Å². The van der Waals surface area contributed by atoms with Crippen LogP contribution in [0.3, 0.4) is 0 Å². The molecule has 0 aliphatic rings. The van der Waals surface area contributed by atoms with Crippen LogP contribution < -0.4 is 0 Å². The standard InChI is InChI=1S/C9H12N2O2S2/c1-6-3-7(2)11-9(10-6)15-5-14-4-8(12)13/h3H,4-5H2,1-2H3,(H,12,13). The Morgan fingerprint density at radius 1 is 1.40 bits per heavy atom. The van der Waals surface area contributed by atoms with E-state index < -0.39 is 5.97 Å². The van der Waals surface area contributed by atoms with Crippen molar-refractivity contribution in [2.45, 2.75) is 19.0 Å². The van der Waals surface area contributed by atoms with E-state index >= 15 is 0 Å². The number of hydrogen-bond acceptors (Lipinski definition) is 5. The van der Waals surface area contributed by atoms with Gasteiger partial charge in [0, 0.05) is 16.5 Å². The van der Waals surface area contributed by atoms with Crippen LogP contribution in [0.1, 0.15) is 11.4 Å². The molecular formula is C9H12N2O2S2. The number of carbonyl (C=O) groups is 1. The lowest BCUT2D eigenvalue weighted by molar-refractivity contribution is -0.133. The smallest absolute Gasteiger partial charge is 0.313 e. The van der Waals surface area contributed by atoms with Gasteiger partial charge in [-0.1, -0.05) is 11.8 Å². The SMILES string of the molecule is Cc1cc(C)nc(SCSCC(=O)O)n1. The molecule has 1 aromatic heterocycles. The first-order valence-electron chi connectivity index (χ1n) is 4.32. The quantitative estimate of drug-likeness (QED) is 0.370. The fourth-order valence-electron chi connectivity index (χ4n) is 0.981. The normalized spacial score (nSPS) is 10.3. The highest BCUT2D eigenvalue weighted by Crippen LogP contribution is 2.19. The number of aryl methyl sites for hydroxylation is 2. The van der Waals surface area contributed by atoms with Gasteiger partial charge in [-0.2, -0.15) is 0 Å². The van der Waals surface area contributed by atoms with Gasteiger partial charge in [0.15, 0.2) is 5.16 Å². The molecule has 0 saturated heterocycles. The number of rotatable bonds is 5. The summed E-state index contributed by atoms with van der Waals surface area (Å²) < 4.78 is 0. The first-order valence-corrected chi connectivity index (χ1v) is 6.46. The molecule has 1 N–H and O–H groups in total. The van der Waals surface area contributed by atoms with Gasteiger partial charge in [0.05, 0.1) is 5.75 Å². The zero-order valence-electron chi connectivity index (χ0n) is 8.56. The van der Waals surface area contributed by atoms with Gasteiger partial charge in [-0.25, -0.2) is 9.97 Å². The van der Waals surface area contributed by atoms with Crippen LogP contribution >= 0.6 is 23.5 Å². The molecule has 0 aliphatic carbocycles. The van der Waals surface area contributed by atoms with Crippen LogP contribution in [-0.2, 0) is 4.79 Å². The van der Waals surface area contributed by atoms with E-state index in [1.165, 1.54) is 23.5 Å². The van der Waals surface area contributed by atoms with E-state index in [0.717, 1.165) is 11.4 Å². The monoisotopic (exact) mass is 244 g/mol. The molecule has 0 saturated carbocycles. The molecular weight excluding hydrogens is 232 g/mol. The molecule has 0 amide bonds. The molecule has 82 valence electrons. The second-order valence-electron chi connectivity index (χ2n) is 2.94. The molecule has 0 unspecified atom stereocenters. The maximum atomic E-state index is 10.3. The second kappa shape index (κ2) is 5.97. The van der Waals surface area contributed by atoms with Crippen molar-refractivity contribution in [3.63, 3.8) is 0 Å². The third-order valence-electron chi connectivity index (χ3n) is 1.46. The van der Waals surface area contributed by atoms with Crippen molar-refractivity contribution in [2.24, 2.45) is 0 Å². The summed E-state index contributed by atoms with van der Waals surface area (Å²) >= 11 is 2.82. The lowest BCUT2D eigenvalue weighted by atomic mass is 10.4. The third-order valence-corrected chi connectivity index (χ3v) is 3.49. The zero-order chi connectivity index (χ0) is 11.3. The Hall–Kier alpha value is -0.750. The maximum absolute atomic E-state index is 10.3. The molecule has 1 heterocycles. The maximum Gasteiger partial charge on any atom is 0.313 e. The number of aliphatic carboxylic acids is 1. The summed E-state index contributed by atoms with van der Waals surface area (Å²) in [6.07, 6.45) is 0. The highest BCUT2D eigenvalue weighted by Gasteiger charge is 2.02. The van der Waals surface area contributed by atoms with Crippen LogP contribution in [0.4, 0.5) is 0 Å². The van der Waals surface area contributed by atoms with Crippen molar-refractivity contribution in [3.8, 4) is 0 Å². The average Bonchev–Trinajstić information content (AvgIpc) is 2.10. The van der Waals surface area contributed by atoms with E-state index in [4.69, 9.17) is 5.11 Å². The summed E-state index contributed by atoms with van der Waals surface area (Å²) in [4.78, 5) is 18.7. The van der Waals surface area contributed by atoms with Crippen LogP contribution in [0.5, 0.6) is 0 Å². The predicted octanol–water partition coefficient (Wildman–Crippen LogP) is 1.96. The first-order chi connectivity index (χ1) is 7.08. The predicted molar refractivity (Wildman–Crippen MR) is 62.3 cm³/mol. The molecule has 1 rings (SSSR count). The molecule has 0 spiro atoms. The first kappa shape index (κ1) is 12.3. The highest BCUT2D eigenvalue weighted by atomic mass is 32.2. The van der Waals surface area contributed by atoms with E-state index in [9.17, 15) is 4.79 Å². The van der Waals surface area contributed by atoms with E-state index in [2.05, 4.69) is 9.97 Å². The van der Waals surface area contributed by atoms with Crippen LogP contribution in [0.2, 0.25) is 0 Å². The minimum Gasteiger partial charge on any atom is -0.481 e. The largest absolute Gasteiger partial charge is 0.481 e. The van der Waals surface area contributed by atoms with Crippen molar-refractivity contribution >= 4 is 29.5 Å². The van der Waals surface area contributed by atoms with Crippen molar-refractivity contribution in [3.05, 3.63) is 17.5 Å². The van der Waals surface area contributed by atoms with Gasteiger partial charge in [0.25, 0.3) is 0 Å². The van der Waals surface area contributed by atoms with Gasteiger partial charge in [-0.15, -0.1) is 11.8 Å². The Morgan fingerprint density at radius 2 is 2.00 bits per heavy atom. The Balaban J connectivity index is 2.40. The molecule has 0 aromatic carbocycles. The van der Waals surface area contributed by atoms with E-state index in [0.29, 0.717) is 10.2 Å². The Labute approximate surface area is 96.9 Å². The Kier molecular flexibility index (Phi) is 4.90. The molecule has 1 aromatic rings. The average molecular weight is 244 g/mol. The van der Waals surface area contributed by atoms with Crippen LogP contribution in [0, 0.1) is 13.8 Å². The Bertz CT molecular complexity index is 338. The zero-order valence-corrected chi connectivity index (χ0v) is 10.2. The molecule has 0 radical (unpaired) electrons. The number of hydrogen-bond donors (Lipinski definition) is 1. The minimum atomic E-state index is -0.790. The Morgan fingerprint density at radius 3 is 2.53 bits per heavy atom. The van der Waals surface area contributed by atoms with E-state index in [-0.39, 0.29) is 5.75 Å². The molecule has 0 aliphatic heterocycles. The number of carboxylic acid groups (broad SMARTS) is 1. The van der Waals surface area contributed by atoms with E-state index in [1.807, 2.05) is 19.9 Å². The topological polar surface area (TPSA) is 63.1 Å². The molecule has 4 nitrogen and oxygen atoms in total. The van der Waals surface area contributed by atoms with Crippen molar-refractivity contribution in [1.29, 1.82) is 0 Å². The number of thioether (sulfide) groups is 2. The summed E-state index contributed by atoms with van der Waals surface area (Å²) in [5.41, 5.74) is 1.88. The van der Waals surface area contributed by atoms with E-state index in [1.54, 1.807) is 0 Å². The van der Waals surface area contributed by atoms with Gasteiger partial charge in [-0.3, -0.25) is 4.79 Å². The molecule has 6 heteroatoms. The number of nitrogens with zero attached hydrogens (tertiary/aromatic N) is 2. The molecule has 15 heavy (non-hydrogen) atoms. The highest BCUT2D eigenvalue weighted by molar-refractivity contribution is 8.16. The number of carboxylic acids is 1. The third kappa shape index (κ3) is 5.03. The van der Waals surface area contributed by atoms with Crippen molar-refractivity contribution < 1.29 is 9.90 Å². The van der Waals surface area contributed by atoms with Crippen molar-refractivity contribution in [1.82, 2.24) is 9.97 Å². The summed E-state index contributed by atoms with van der Waals surface area (Å²) in [5.74, 6) is -0.667. The van der Waals surface area contributed by atoms with Gasteiger partial charge in [0.2, 0.25) is 0 Å². The van der Waals surface area contributed by atoms with Crippen LogP contribution in [0.15, 0.2) is 11.2 Å². The van der Waals surface area contributed by atoms with Crippen LogP contribution in [-0.4, -0.2) is 31.9 Å². The van der Waals surface area contributed by atoms with Gasteiger partial charge in [-0.05, 0) is 19.9 Å². The summed E-state index contributed by atoms with van der Waals surface area (Å²) in [5, 5.41) is 9.81. The minimum absolute atomic E-state index is 0.123.